The molecule has 136 valence electrons. The maximum Gasteiger partial charge on any atom is 0.254 e. The van der Waals surface area contributed by atoms with Crippen LogP contribution in [0.25, 0.3) is 11.1 Å². The summed E-state index contributed by atoms with van der Waals surface area (Å²) in [5.74, 6) is 0.417. The monoisotopic (exact) mass is 361 g/mol. The molecule has 7 nitrogen and oxygen atoms in total. The summed E-state index contributed by atoms with van der Waals surface area (Å²) in [5, 5.41) is 0. The van der Waals surface area contributed by atoms with E-state index >= 15 is 0 Å². The van der Waals surface area contributed by atoms with E-state index in [4.69, 9.17) is 10.5 Å². The highest BCUT2D eigenvalue weighted by Crippen LogP contribution is 2.30. The number of amides is 1. The molecule has 2 aromatic heterocycles. The lowest BCUT2D eigenvalue weighted by Crippen LogP contribution is -2.42. The molecule has 0 unspecified atom stereocenters. The fraction of sp³-hybridized carbons (Fsp3) is 0.200. The smallest absolute Gasteiger partial charge is 0.254 e. The lowest BCUT2D eigenvalue weighted by Gasteiger charge is -2.33. The molecule has 0 radical (unpaired) electrons. The van der Waals surface area contributed by atoms with Gasteiger partial charge >= 0.3 is 0 Å². The van der Waals surface area contributed by atoms with Crippen LogP contribution in [-0.4, -0.2) is 45.5 Å². The summed E-state index contributed by atoms with van der Waals surface area (Å²) in [6.07, 6.45) is 4.54. The van der Waals surface area contributed by atoms with Crippen molar-refractivity contribution in [3.63, 3.8) is 0 Å². The number of morpholine rings is 1. The van der Waals surface area contributed by atoms with Crippen LogP contribution in [0.5, 0.6) is 0 Å². The van der Waals surface area contributed by atoms with Gasteiger partial charge in [-0.25, -0.2) is 15.0 Å². The minimum Gasteiger partial charge on any atom is -0.384 e. The maximum absolute atomic E-state index is 12.8. The number of rotatable bonds is 3. The van der Waals surface area contributed by atoms with E-state index in [2.05, 4.69) is 15.0 Å². The minimum absolute atomic E-state index is 0.00679. The van der Waals surface area contributed by atoms with Crippen LogP contribution in [0.15, 0.2) is 61.2 Å². The molecule has 4 rings (SSSR count). The topological polar surface area (TPSA) is 94.2 Å². The van der Waals surface area contributed by atoms with Gasteiger partial charge in [0.15, 0.2) is 0 Å². The lowest BCUT2D eigenvalue weighted by atomic mass is 10.0. The molecule has 1 aliphatic rings. The number of aromatic nitrogens is 3. The first kappa shape index (κ1) is 17.1. The third-order valence-corrected chi connectivity index (χ3v) is 4.51. The highest BCUT2D eigenvalue weighted by molar-refractivity contribution is 5.94. The van der Waals surface area contributed by atoms with E-state index in [9.17, 15) is 4.79 Å². The molecule has 27 heavy (non-hydrogen) atoms. The zero-order chi connectivity index (χ0) is 18.6. The van der Waals surface area contributed by atoms with Crippen molar-refractivity contribution in [2.75, 3.05) is 25.4 Å². The Morgan fingerprint density at radius 3 is 2.85 bits per heavy atom. The van der Waals surface area contributed by atoms with Crippen LogP contribution in [0.1, 0.15) is 22.2 Å². The van der Waals surface area contributed by atoms with E-state index in [1.807, 2.05) is 36.4 Å². The van der Waals surface area contributed by atoms with Crippen LogP contribution in [0.3, 0.4) is 0 Å². The third kappa shape index (κ3) is 3.63. The minimum atomic E-state index is -0.334. The van der Waals surface area contributed by atoms with Crippen molar-refractivity contribution < 1.29 is 9.53 Å². The van der Waals surface area contributed by atoms with E-state index in [1.54, 1.807) is 23.4 Å². The Morgan fingerprint density at radius 2 is 2.04 bits per heavy atom. The number of pyridine rings is 1. The Hall–Kier alpha value is -3.32. The largest absolute Gasteiger partial charge is 0.384 e. The van der Waals surface area contributed by atoms with Crippen LogP contribution < -0.4 is 5.73 Å². The first-order valence-electron chi connectivity index (χ1n) is 8.70. The molecule has 3 aromatic rings. The van der Waals surface area contributed by atoms with Crippen molar-refractivity contribution in [3.05, 3.63) is 72.4 Å². The van der Waals surface area contributed by atoms with Gasteiger partial charge in [0.05, 0.1) is 18.8 Å². The van der Waals surface area contributed by atoms with E-state index in [0.29, 0.717) is 31.1 Å². The van der Waals surface area contributed by atoms with Crippen molar-refractivity contribution in [2.45, 2.75) is 6.10 Å². The predicted octanol–water partition coefficient (Wildman–Crippen LogP) is 2.33. The molecule has 1 atom stereocenters. The summed E-state index contributed by atoms with van der Waals surface area (Å²) in [6.45, 7) is 1.43. The number of ether oxygens (including phenoxy) is 1. The van der Waals surface area contributed by atoms with Gasteiger partial charge in [-0.15, -0.1) is 0 Å². The van der Waals surface area contributed by atoms with Crippen LogP contribution in [-0.2, 0) is 4.74 Å². The summed E-state index contributed by atoms with van der Waals surface area (Å²) in [6, 6.07) is 12.9. The van der Waals surface area contributed by atoms with Gasteiger partial charge in [-0.2, -0.15) is 0 Å². The molecule has 1 fully saturated rings. The molecule has 0 saturated carbocycles. The number of anilines is 1. The van der Waals surface area contributed by atoms with Gasteiger partial charge in [0.25, 0.3) is 5.91 Å². The summed E-state index contributed by atoms with van der Waals surface area (Å²) in [5.41, 5.74) is 8.91. The zero-order valence-corrected chi connectivity index (χ0v) is 14.7. The number of hydrogen-bond donors (Lipinski definition) is 1. The van der Waals surface area contributed by atoms with Gasteiger partial charge in [0.2, 0.25) is 0 Å². The van der Waals surface area contributed by atoms with Crippen molar-refractivity contribution in [1.29, 1.82) is 0 Å². The molecule has 0 spiro atoms. The highest BCUT2D eigenvalue weighted by Gasteiger charge is 2.28. The molecular weight excluding hydrogens is 342 g/mol. The van der Waals surface area contributed by atoms with Crippen LogP contribution in [0.2, 0.25) is 0 Å². The van der Waals surface area contributed by atoms with E-state index in [0.717, 1.165) is 16.8 Å². The molecular formula is C20H19N5O2. The molecule has 3 heterocycles. The fourth-order valence-corrected chi connectivity index (χ4v) is 3.20. The first-order valence-corrected chi connectivity index (χ1v) is 8.70. The number of hydrogen-bond acceptors (Lipinski definition) is 6. The van der Waals surface area contributed by atoms with Crippen molar-refractivity contribution in [1.82, 2.24) is 19.9 Å². The molecule has 1 amide bonds. The second-order valence-corrected chi connectivity index (χ2v) is 6.27. The van der Waals surface area contributed by atoms with Gasteiger partial charge in [0.1, 0.15) is 18.2 Å². The molecule has 0 bridgehead atoms. The summed E-state index contributed by atoms with van der Waals surface area (Å²) >= 11 is 0. The highest BCUT2D eigenvalue weighted by atomic mass is 16.5. The van der Waals surface area contributed by atoms with Gasteiger partial charge in [0, 0.05) is 30.1 Å². The standard InChI is InChI=1S/C20H19N5O2/c21-18-10-15(6-7-23-18)16-11-22-13-24-19(16)17-12-25(8-9-27-17)20(26)14-4-2-1-3-5-14/h1-7,10-11,13,17H,8-9,12H2,(H2,21,23)/t17-/m0/s1. The number of nitrogens with zero attached hydrogens (tertiary/aromatic N) is 4. The van der Waals surface area contributed by atoms with Gasteiger partial charge in [-0.3, -0.25) is 4.79 Å². The number of nitrogen functional groups attached to an aromatic ring is 1. The zero-order valence-electron chi connectivity index (χ0n) is 14.7. The quantitative estimate of drug-likeness (QED) is 0.769. The average molecular weight is 361 g/mol. The Bertz CT molecular complexity index is 948. The van der Waals surface area contributed by atoms with Crippen LogP contribution >= 0.6 is 0 Å². The average Bonchev–Trinajstić information content (AvgIpc) is 2.74. The van der Waals surface area contributed by atoms with E-state index in [-0.39, 0.29) is 12.0 Å². The van der Waals surface area contributed by atoms with Crippen LogP contribution in [0.4, 0.5) is 5.82 Å². The lowest BCUT2D eigenvalue weighted by molar-refractivity contribution is -0.0245. The summed E-state index contributed by atoms with van der Waals surface area (Å²) < 4.78 is 5.94. The van der Waals surface area contributed by atoms with Crippen LogP contribution in [0, 0.1) is 0 Å². The molecule has 1 aliphatic heterocycles. The molecule has 1 saturated heterocycles. The SMILES string of the molecule is Nc1cc(-c2cncnc2[C@@H]2CN(C(=O)c3ccccc3)CCO2)ccn1. The van der Waals surface area contributed by atoms with E-state index < -0.39 is 0 Å². The van der Waals surface area contributed by atoms with E-state index in [1.165, 1.54) is 6.33 Å². The second-order valence-electron chi connectivity index (χ2n) is 6.27. The normalized spacial score (nSPS) is 16.9. The van der Waals surface area contributed by atoms with Crippen molar-refractivity contribution >= 4 is 11.7 Å². The number of nitrogens with two attached hydrogens (primary N) is 1. The molecule has 2 N–H and O–H groups in total. The van der Waals surface area contributed by atoms with Gasteiger partial charge in [-0.1, -0.05) is 18.2 Å². The first-order chi connectivity index (χ1) is 13.2. The van der Waals surface area contributed by atoms with Crippen molar-refractivity contribution in [3.8, 4) is 11.1 Å². The predicted molar refractivity (Wildman–Crippen MR) is 101 cm³/mol. The Morgan fingerprint density at radius 1 is 1.19 bits per heavy atom. The maximum atomic E-state index is 12.8. The Balaban J connectivity index is 1.62. The Kier molecular flexibility index (Phi) is 4.76. The van der Waals surface area contributed by atoms with Gasteiger partial charge in [-0.05, 0) is 29.8 Å². The summed E-state index contributed by atoms with van der Waals surface area (Å²) in [4.78, 5) is 27.2. The molecule has 0 aliphatic carbocycles. The fourth-order valence-electron chi connectivity index (χ4n) is 3.20. The van der Waals surface area contributed by atoms with Crippen molar-refractivity contribution in [2.24, 2.45) is 0 Å². The second kappa shape index (κ2) is 7.51. The number of carbonyl (C=O) groups is 1. The Labute approximate surface area is 156 Å². The third-order valence-electron chi connectivity index (χ3n) is 4.51. The number of benzene rings is 1. The summed E-state index contributed by atoms with van der Waals surface area (Å²) in [7, 11) is 0. The number of carbonyl (C=O) groups excluding carboxylic acids is 1. The van der Waals surface area contributed by atoms with Gasteiger partial charge < -0.3 is 15.4 Å². The molecule has 7 heteroatoms. The molecule has 1 aromatic carbocycles.